The van der Waals surface area contributed by atoms with Gasteiger partial charge in [-0.05, 0) is 42.8 Å². The third-order valence-corrected chi connectivity index (χ3v) is 3.63. The highest BCUT2D eigenvalue weighted by atomic mass is 79.9. The van der Waals surface area contributed by atoms with Crippen LogP contribution in [0, 0.1) is 0 Å². The van der Waals surface area contributed by atoms with Gasteiger partial charge in [0.15, 0.2) is 0 Å². The van der Waals surface area contributed by atoms with Crippen molar-refractivity contribution in [2.75, 3.05) is 5.32 Å². The van der Waals surface area contributed by atoms with Crippen molar-refractivity contribution >= 4 is 33.2 Å². The van der Waals surface area contributed by atoms with Crippen LogP contribution in [0.25, 0.3) is 0 Å². The molecule has 2 aromatic rings. The molecule has 0 aromatic carbocycles. The fourth-order valence-electron chi connectivity index (χ4n) is 1.42. The van der Waals surface area contributed by atoms with E-state index < -0.39 is 0 Å². The molecule has 0 aliphatic rings. The molecule has 0 bridgehead atoms. The summed E-state index contributed by atoms with van der Waals surface area (Å²) in [4.78, 5) is 4.05. The maximum absolute atomic E-state index is 5.84. The highest BCUT2D eigenvalue weighted by molar-refractivity contribution is 9.10. The van der Waals surface area contributed by atoms with Gasteiger partial charge in [0, 0.05) is 0 Å². The van der Waals surface area contributed by atoms with Gasteiger partial charge < -0.3 is 5.32 Å². The molecular formula is C12H15BrClN5. The molecule has 0 atom stereocenters. The van der Waals surface area contributed by atoms with E-state index in [1.807, 2.05) is 16.9 Å². The highest BCUT2D eigenvalue weighted by Gasteiger charge is 2.14. The Morgan fingerprint density at radius 3 is 2.74 bits per heavy atom. The fraction of sp³-hybridized carbons (Fsp3) is 0.417. The Morgan fingerprint density at radius 1 is 1.42 bits per heavy atom. The van der Waals surface area contributed by atoms with Gasteiger partial charge in [0.2, 0.25) is 0 Å². The Balaban J connectivity index is 2.02. The molecule has 0 amide bonds. The van der Waals surface area contributed by atoms with E-state index in [1.165, 1.54) is 0 Å². The Labute approximate surface area is 125 Å². The molecule has 0 spiro atoms. The topological polar surface area (TPSA) is 55.6 Å². The molecule has 0 saturated carbocycles. The molecule has 7 heteroatoms. The summed E-state index contributed by atoms with van der Waals surface area (Å²) in [6.07, 6.45) is 3.62. The monoisotopic (exact) mass is 343 g/mol. The molecule has 1 N–H and O–H groups in total. The zero-order valence-corrected chi connectivity index (χ0v) is 13.3. The number of nitrogens with one attached hydrogen (secondary N) is 1. The van der Waals surface area contributed by atoms with Crippen LogP contribution in [0.15, 0.2) is 22.9 Å². The van der Waals surface area contributed by atoms with Gasteiger partial charge in [0.25, 0.3) is 0 Å². The van der Waals surface area contributed by atoms with Gasteiger partial charge in [-0.3, -0.25) is 0 Å². The minimum atomic E-state index is -0.0594. The van der Waals surface area contributed by atoms with E-state index in [2.05, 4.69) is 57.3 Å². The van der Waals surface area contributed by atoms with Crippen molar-refractivity contribution in [3.05, 3.63) is 33.8 Å². The average molecular weight is 345 g/mol. The molecule has 0 fully saturated rings. The standard InChI is InChI=1S/C12H15BrClN5/c1-12(2,3)19-7-9(17-18-19)6-15-8-4-10(13)11(14)16-5-8/h4-5,7,15H,6H2,1-3H3. The first-order chi connectivity index (χ1) is 8.86. The van der Waals surface area contributed by atoms with Crippen LogP contribution < -0.4 is 5.32 Å². The lowest BCUT2D eigenvalue weighted by molar-refractivity contribution is 0.347. The summed E-state index contributed by atoms with van der Waals surface area (Å²) in [5, 5.41) is 11.9. The summed E-state index contributed by atoms with van der Waals surface area (Å²) in [6.45, 7) is 6.84. The summed E-state index contributed by atoms with van der Waals surface area (Å²) in [5.41, 5.74) is 1.69. The van der Waals surface area contributed by atoms with Crippen molar-refractivity contribution in [2.24, 2.45) is 0 Å². The van der Waals surface area contributed by atoms with Crippen LogP contribution >= 0.6 is 27.5 Å². The molecule has 0 radical (unpaired) electrons. The van der Waals surface area contributed by atoms with Crippen LogP contribution in [0.1, 0.15) is 26.5 Å². The summed E-state index contributed by atoms with van der Waals surface area (Å²) in [7, 11) is 0. The summed E-state index contributed by atoms with van der Waals surface area (Å²) < 4.78 is 2.61. The van der Waals surface area contributed by atoms with Crippen LogP contribution in [0.5, 0.6) is 0 Å². The van der Waals surface area contributed by atoms with Crippen LogP contribution in [-0.2, 0) is 12.1 Å². The molecule has 2 rings (SSSR count). The molecule has 0 aliphatic carbocycles. The number of pyridine rings is 1. The minimum Gasteiger partial charge on any atom is -0.378 e. The van der Waals surface area contributed by atoms with Crippen LogP contribution in [0.2, 0.25) is 5.15 Å². The number of aromatic nitrogens is 4. The van der Waals surface area contributed by atoms with Gasteiger partial charge in [-0.25, -0.2) is 9.67 Å². The maximum atomic E-state index is 5.84. The fourth-order valence-corrected chi connectivity index (χ4v) is 1.87. The van der Waals surface area contributed by atoms with Crippen molar-refractivity contribution in [2.45, 2.75) is 32.9 Å². The second kappa shape index (κ2) is 5.46. The third kappa shape index (κ3) is 3.67. The van der Waals surface area contributed by atoms with Crippen molar-refractivity contribution in [3.63, 3.8) is 0 Å². The molecule has 2 aromatic heterocycles. The molecule has 0 saturated heterocycles. The third-order valence-electron chi connectivity index (χ3n) is 2.50. The lowest BCUT2D eigenvalue weighted by Gasteiger charge is -2.17. The van der Waals surface area contributed by atoms with E-state index in [4.69, 9.17) is 11.6 Å². The molecule has 0 unspecified atom stereocenters. The summed E-state index contributed by atoms with van der Waals surface area (Å²) >= 11 is 9.18. The summed E-state index contributed by atoms with van der Waals surface area (Å²) in [6, 6.07) is 1.88. The van der Waals surface area contributed by atoms with Gasteiger partial charge in [0.1, 0.15) is 10.8 Å². The Morgan fingerprint density at radius 2 is 2.16 bits per heavy atom. The van der Waals surface area contributed by atoms with Gasteiger partial charge in [0.05, 0.1) is 34.6 Å². The number of halogens is 2. The van der Waals surface area contributed by atoms with Gasteiger partial charge in [-0.1, -0.05) is 16.8 Å². The zero-order valence-electron chi connectivity index (χ0n) is 11.0. The van der Waals surface area contributed by atoms with E-state index >= 15 is 0 Å². The molecule has 0 aliphatic heterocycles. The molecule has 5 nitrogen and oxygen atoms in total. The van der Waals surface area contributed by atoms with E-state index in [0.29, 0.717) is 11.7 Å². The highest BCUT2D eigenvalue weighted by Crippen LogP contribution is 2.23. The second-order valence-electron chi connectivity index (χ2n) is 5.18. The number of rotatable bonds is 3. The van der Waals surface area contributed by atoms with Gasteiger partial charge in [-0.2, -0.15) is 0 Å². The van der Waals surface area contributed by atoms with Crippen LogP contribution in [0.3, 0.4) is 0 Å². The van der Waals surface area contributed by atoms with Crippen molar-refractivity contribution in [1.82, 2.24) is 20.0 Å². The average Bonchev–Trinajstić information content (AvgIpc) is 2.79. The second-order valence-corrected chi connectivity index (χ2v) is 6.39. The Kier molecular flexibility index (Phi) is 4.10. The van der Waals surface area contributed by atoms with Crippen molar-refractivity contribution < 1.29 is 0 Å². The molecule has 19 heavy (non-hydrogen) atoms. The summed E-state index contributed by atoms with van der Waals surface area (Å²) in [5.74, 6) is 0. The lowest BCUT2D eigenvalue weighted by Crippen LogP contribution is -2.22. The van der Waals surface area contributed by atoms with Crippen molar-refractivity contribution in [1.29, 1.82) is 0 Å². The van der Waals surface area contributed by atoms with Crippen LogP contribution in [-0.4, -0.2) is 20.0 Å². The Bertz CT molecular complexity index is 576. The molecule has 2 heterocycles. The first kappa shape index (κ1) is 14.3. The molecule has 102 valence electrons. The van der Waals surface area contributed by atoms with Crippen LogP contribution in [0.4, 0.5) is 5.69 Å². The zero-order chi connectivity index (χ0) is 14.0. The maximum Gasteiger partial charge on any atom is 0.143 e. The SMILES string of the molecule is CC(C)(C)n1cc(CNc2cnc(Cl)c(Br)c2)nn1. The van der Waals surface area contributed by atoms with E-state index in [0.717, 1.165) is 15.9 Å². The molecular weight excluding hydrogens is 330 g/mol. The van der Waals surface area contributed by atoms with E-state index in [1.54, 1.807) is 6.20 Å². The normalized spacial score (nSPS) is 11.6. The first-order valence-corrected chi connectivity index (χ1v) is 7.00. The lowest BCUT2D eigenvalue weighted by atomic mass is 10.1. The van der Waals surface area contributed by atoms with Crippen molar-refractivity contribution in [3.8, 4) is 0 Å². The smallest absolute Gasteiger partial charge is 0.143 e. The number of nitrogens with zero attached hydrogens (tertiary/aromatic N) is 4. The largest absolute Gasteiger partial charge is 0.378 e. The van der Waals surface area contributed by atoms with Gasteiger partial charge in [-0.15, -0.1) is 5.10 Å². The number of anilines is 1. The minimum absolute atomic E-state index is 0.0594. The number of hydrogen-bond acceptors (Lipinski definition) is 4. The number of hydrogen-bond donors (Lipinski definition) is 1. The Hall–Kier alpha value is -1.14. The van der Waals surface area contributed by atoms with E-state index in [9.17, 15) is 0 Å². The predicted molar refractivity (Wildman–Crippen MR) is 79.3 cm³/mol. The first-order valence-electron chi connectivity index (χ1n) is 5.83. The van der Waals surface area contributed by atoms with Gasteiger partial charge >= 0.3 is 0 Å². The van der Waals surface area contributed by atoms with E-state index in [-0.39, 0.29) is 5.54 Å². The quantitative estimate of drug-likeness (QED) is 0.866. The predicted octanol–water partition coefficient (Wildman–Crippen LogP) is 3.46.